The van der Waals surface area contributed by atoms with Crippen LogP contribution in [0.25, 0.3) is 0 Å². The molecular formula is C19H31ClO2S. The average molecular weight is 359 g/mol. The summed E-state index contributed by atoms with van der Waals surface area (Å²) >= 11 is 0. The summed E-state index contributed by atoms with van der Waals surface area (Å²) in [4.78, 5) is 0.284. The summed E-state index contributed by atoms with van der Waals surface area (Å²) in [6, 6.07) is 5.47. The van der Waals surface area contributed by atoms with Crippen molar-refractivity contribution < 1.29 is 8.42 Å². The smallest absolute Gasteiger partial charge is 0.207 e. The Morgan fingerprint density at radius 3 is 2.04 bits per heavy atom. The molecule has 0 aromatic heterocycles. The Hall–Kier alpha value is -0.540. The van der Waals surface area contributed by atoms with Crippen LogP contribution in [0.3, 0.4) is 0 Å². The van der Waals surface area contributed by atoms with Crippen LogP contribution < -0.4 is 0 Å². The molecule has 0 bridgehead atoms. The van der Waals surface area contributed by atoms with Crippen molar-refractivity contribution in [2.24, 2.45) is 0 Å². The summed E-state index contributed by atoms with van der Waals surface area (Å²) in [6.07, 6.45) is 11.2. The van der Waals surface area contributed by atoms with Gasteiger partial charge in [-0.1, -0.05) is 77.8 Å². The van der Waals surface area contributed by atoms with E-state index in [0.717, 1.165) is 24.0 Å². The van der Waals surface area contributed by atoms with Crippen LogP contribution in [0.5, 0.6) is 0 Å². The van der Waals surface area contributed by atoms with Crippen LogP contribution in [0.1, 0.15) is 89.2 Å². The van der Waals surface area contributed by atoms with Crippen LogP contribution >= 0.6 is 10.7 Å². The molecule has 0 N–H and O–H groups in total. The monoisotopic (exact) mass is 358 g/mol. The number of hydrogen-bond acceptors (Lipinski definition) is 2. The molecule has 0 aliphatic rings. The van der Waals surface area contributed by atoms with Crippen LogP contribution in [0.15, 0.2) is 23.1 Å². The van der Waals surface area contributed by atoms with Crippen LogP contribution in [0, 0.1) is 0 Å². The number of hydrogen-bond donors (Lipinski definition) is 0. The van der Waals surface area contributed by atoms with Crippen LogP contribution in [0.4, 0.5) is 0 Å². The van der Waals surface area contributed by atoms with Gasteiger partial charge in [0.15, 0.2) is 0 Å². The number of benzene rings is 1. The maximum absolute atomic E-state index is 11.8. The first-order valence-electron chi connectivity index (χ1n) is 8.94. The average Bonchev–Trinajstić information content (AvgIpc) is 2.48. The molecule has 0 radical (unpaired) electrons. The minimum atomic E-state index is -3.68. The molecule has 0 aliphatic heterocycles. The van der Waals surface area contributed by atoms with E-state index >= 15 is 0 Å². The van der Waals surface area contributed by atoms with E-state index in [2.05, 4.69) is 6.92 Å². The van der Waals surface area contributed by atoms with Gasteiger partial charge in [0, 0.05) is 10.7 Å². The summed E-state index contributed by atoms with van der Waals surface area (Å²) in [5, 5.41) is 0. The molecule has 2 nitrogen and oxygen atoms in total. The second kappa shape index (κ2) is 10.4. The summed E-state index contributed by atoms with van der Waals surface area (Å²) < 4.78 is 23.6. The lowest BCUT2D eigenvalue weighted by Crippen LogP contribution is -2.05. The Bertz CT molecular complexity index is 565. The summed E-state index contributed by atoms with van der Waals surface area (Å²) in [5.41, 5.74) is 2.03. The van der Waals surface area contributed by atoms with Gasteiger partial charge in [-0.15, -0.1) is 0 Å². The maximum atomic E-state index is 11.8. The fourth-order valence-corrected chi connectivity index (χ4v) is 4.40. The Morgan fingerprint density at radius 2 is 1.52 bits per heavy atom. The van der Waals surface area contributed by atoms with E-state index in [0.29, 0.717) is 0 Å². The SMILES string of the molecule is CCCCCCCCCCc1cccc(S(=O)(=O)Cl)c1C(C)C. The fourth-order valence-electron chi connectivity index (χ4n) is 3.12. The number of halogens is 1. The van der Waals surface area contributed by atoms with Crippen molar-refractivity contribution in [3.63, 3.8) is 0 Å². The van der Waals surface area contributed by atoms with E-state index < -0.39 is 9.05 Å². The number of aryl methyl sites for hydroxylation is 1. The van der Waals surface area contributed by atoms with E-state index in [1.807, 2.05) is 19.9 Å². The van der Waals surface area contributed by atoms with Gasteiger partial charge in [0.05, 0.1) is 4.90 Å². The Kier molecular flexibility index (Phi) is 9.23. The summed E-state index contributed by atoms with van der Waals surface area (Å²) in [5.74, 6) is 0.156. The highest BCUT2D eigenvalue weighted by Crippen LogP contribution is 2.30. The van der Waals surface area contributed by atoms with Crippen molar-refractivity contribution in [2.75, 3.05) is 0 Å². The first kappa shape index (κ1) is 20.5. The van der Waals surface area contributed by atoms with Gasteiger partial charge in [0.25, 0.3) is 9.05 Å². The van der Waals surface area contributed by atoms with Crippen molar-refractivity contribution in [1.82, 2.24) is 0 Å². The normalized spacial score (nSPS) is 12.0. The number of rotatable bonds is 11. The Balaban J connectivity index is 2.57. The van der Waals surface area contributed by atoms with Gasteiger partial charge in [-0.25, -0.2) is 8.42 Å². The first-order chi connectivity index (χ1) is 10.9. The zero-order chi connectivity index (χ0) is 17.3. The third kappa shape index (κ3) is 7.26. The highest BCUT2D eigenvalue weighted by atomic mass is 35.7. The van der Waals surface area contributed by atoms with Crippen molar-refractivity contribution in [1.29, 1.82) is 0 Å². The molecule has 23 heavy (non-hydrogen) atoms. The second-order valence-electron chi connectivity index (χ2n) is 6.65. The first-order valence-corrected chi connectivity index (χ1v) is 11.2. The number of unbranched alkanes of at least 4 members (excludes halogenated alkanes) is 7. The predicted molar refractivity (Wildman–Crippen MR) is 99.9 cm³/mol. The highest BCUT2D eigenvalue weighted by molar-refractivity contribution is 8.13. The molecule has 0 spiro atoms. The Morgan fingerprint density at radius 1 is 0.957 bits per heavy atom. The van der Waals surface area contributed by atoms with Crippen molar-refractivity contribution >= 4 is 19.7 Å². The molecule has 1 aromatic rings. The lowest BCUT2D eigenvalue weighted by Gasteiger charge is -2.16. The molecule has 0 saturated carbocycles. The van der Waals surface area contributed by atoms with Gasteiger partial charge >= 0.3 is 0 Å². The molecule has 0 amide bonds. The molecule has 0 atom stereocenters. The van der Waals surface area contributed by atoms with E-state index in [1.165, 1.54) is 44.9 Å². The topological polar surface area (TPSA) is 34.1 Å². The molecule has 0 unspecified atom stereocenters. The second-order valence-corrected chi connectivity index (χ2v) is 9.18. The predicted octanol–water partition coefficient (Wildman–Crippen LogP) is 6.42. The third-order valence-corrected chi connectivity index (χ3v) is 5.68. The third-order valence-electron chi connectivity index (χ3n) is 4.30. The van der Waals surface area contributed by atoms with Crippen molar-refractivity contribution in [3.8, 4) is 0 Å². The molecular weight excluding hydrogens is 328 g/mol. The van der Waals surface area contributed by atoms with Gasteiger partial charge in [0.1, 0.15) is 0 Å². The molecule has 132 valence electrons. The van der Waals surface area contributed by atoms with Gasteiger partial charge in [-0.05, 0) is 36.0 Å². The van der Waals surface area contributed by atoms with E-state index in [4.69, 9.17) is 10.7 Å². The lowest BCUT2D eigenvalue weighted by molar-refractivity contribution is 0.574. The van der Waals surface area contributed by atoms with E-state index in [-0.39, 0.29) is 10.8 Å². The molecule has 0 aliphatic carbocycles. The van der Waals surface area contributed by atoms with Crippen LogP contribution in [0.2, 0.25) is 0 Å². The highest BCUT2D eigenvalue weighted by Gasteiger charge is 2.20. The minimum Gasteiger partial charge on any atom is -0.207 e. The van der Waals surface area contributed by atoms with Crippen molar-refractivity contribution in [2.45, 2.75) is 89.4 Å². The molecule has 4 heteroatoms. The maximum Gasteiger partial charge on any atom is 0.261 e. The molecule has 0 fully saturated rings. The van der Waals surface area contributed by atoms with E-state index in [1.54, 1.807) is 12.1 Å². The molecule has 0 saturated heterocycles. The van der Waals surface area contributed by atoms with Crippen LogP contribution in [-0.4, -0.2) is 8.42 Å². The lowest BCUT2D eigenvalue weighted by atomic mass is 9.93. The largest absolute Gasteiger partial charge is 0.261 e. The van der Waals surface area contributed by atoms with Gasteiger partial charge in [-0.3, -0.25) is 0 Å². The van der Waals surface area contributed by atoms with Gasteiger partial charge in [-0.2, -0.15) is 0 Å². The zero-order valence-corrected chi connectivity index (χ0v) is 16.3. The van der Waals surface area contributed by atoms with Gasteiger partial charge in [0.2, 0.25) is 0 Å². The fraction of sp³-hybridized carbons (Fsp3) is 0.684. The van der Waals surface area contributed by atoms with Crippen molar-refractivity contribution in [3.05, 3.63) is 29.3 Å². The zero-order valence-electron chi connectivity index (χ0n) is 14.8. The van der Waals surface area contributed by atoms with Crippen LogP contribution in [-0.2, 0) is 15.5 Å². The standard InChI is InChI=1S/C19H31ClO2S/c1-4-5-6-7-8-9-10-11-13-17-14-12-15-18(23(20,21)22)19(17)16(2)3/h12,14-16H,4-11,13H2,1-3H3. The van der Waals surface area contributed by atoms with Gasteiger partial charge < -0.3 is 0 Å². The molecule has 1 rings (SSSR count). The molecule has 1 aromatic carbocycles. The minimum absolute atomic E-state index is 0.156. The summed E-state index contributed by atoms with van der Waals surface area (Å²) in [6.45, 7) is 6.29. The Labute approximate surface area is 147 Å². The van der Waals surface area contributed by atoms with E-state index in [9.17, 15) is 8.42 Å². The molecule has 0 heterocycles. The quantitative estimate of drug-likeness (QED) is 0.337. The summed E-state index contributed by atoms with van der Waals surface area (Å²) in [7, 11) is 1.92.